The van der Waals surface area contributed by atoms with Crippen LogP contribution >= 0.6 is 0 Å². The molecule has 0 atom stereocenters. The zero-order valence-corrected chi connectivity index (χ0v) is 18.5. The van der Waals surface area contributed by atoms with E-state index in [0.29, 0.717) is 5.69 Å². The molecule has 0 unspecified atom stereocenters. The largest absolute Gasteiger partial charge is 0.454 e. The molecule has 0 saturated heterocycles. The van der Waals surface area contributed by atoms with Crippen LogP contribution in [0.15, 0.2) is 84.9 Å². The van der Waals surface area contributed by atoms with Crippen molar-refractivity contribution < 1.29 is 28.8 Å². The fourth-order valence-electron chi connectivity index (χ4n) is 4.06. The third-order valence-corrected chi connectivity index (χ3v) is 5.86. The number of hydrogen-bond acceptors (Lipinski definition) is 7. The van der Waals surface area contributed by atoms with Gasteiger partial charge in [0.05, 0.1) is 27.3 Å². The first-order chi connectivity index (χ1) is 17.3. The van der Waals surface area contributed by atoms with Crippen LogP contribution in [0.4, 0.5) is 11.4 Å². The minimum Gasteiger partial charge on any atom is -0.454 e. The Kier molecular flexibility index (Phi) is 5.57. The normalized spacial score (nSPS) is 12.5. The number of nitro benzene ring substituents is 1. The molecular weight excluding hydrogens is 464 g/mol. The molecule has 36 heavy (non-hydrogen) atoms. The maximum absolute atomic E-state index is 13.2. The first kappa shape index (κ1) is 22.6. The number of non-ortho nitro benzene ring substituents is 1. The van der Waals surface area contributed by atoms with E-state index in [1.807, 2.05) is 30.3 Å². The van der Waals surface area contributed by atoms with Crippen LogP contribution in [0, 0.1) is 10.1 Å². The molecule has 0 aliphatic carbocycles. The number of fused-ring (bicyclic) bond motifs is 2. The highest BCUT2D eigenvalue weighted by molar-refractivity contribution is 6.36. The average Bonchev–Trinajstić information content (AvgIpc) is 3.15. The first-order valence-electron chi connectivity index (χ1n) is 10.8. The molecule has 1 aliphatic rings. The van der Waals surface area contributed by atoms with E-state index in [9.17, 15) is 29.3 Å². The second kappa shape index (κ2) is 8.88. The standard InChI is InChI=1S/C27H16N2O7/c30-24(17-8-11-19(12-9-17)29(34)35)15-36-27(33)18-10-13-21-22(14-18)26(32)28(25(21)31)23-7-3-5-16-4-1-2-6-20(16)23/h1-14H,15H2. The van der Waals surface area contributed by atoms with Crippen molar-refractivity contribution in [1.29, 1.82) is 0 Å². The van der Waals surface area contributed by atoms with Crippen LogP contribution in [-0.4, -0.2) is 35.1 Å². The van der Waals surface area contributed by atoms with Crippen LogP contribution in [-0.2, 0) is 4.74 Å². The van der Waals surface area contributed by atoms with E-state index in [1.54, 1.807) is 12.1 Å². The second-order valence-electron chi connectivity index (χ2n) is 8.01. The lowest BCUT2D eigenvalue weighted by molar-refractivity contribution is -0.384. The fraction of sp³-hybridized carbons (Fsp3) is 0.0370. The quantitative estimate of drug-likeness (QED) is 0.130. The van der Waals surface area contributed by atoms with Crippen LogP contribution in [0.25, 0.3) is 10.8 Å². The number of nitrogens with zero attached hydrogens (tertiary/aromatic N) is 2. The molecular formula is C27H16N2O7. The number of carbonyl (C=O) groups excluding carboxylic acids is 4. The van der Waals surface area contributed by atoms with Crippen molar-refractivity contribution >= 4 is 45.7 Å². The molecule has 0 N–H and O–H groups in total. The van der Waals surface area contributed by atoms with Crippen molar-refractivity contribution in [2.24, 2.45) is 0 Å². The SMILES string of the molecule is O=C(COC(=O)c1ccc2c(c1)C(=O)N(c1cccc3ccccc13)C2=O)c1ccc([N+](=O)[O-])cc1. The number of anilines is 1. The van der Waals surface area contributed by atoms with Gasteiger partial charge >= 0.3 is 5.97 Å². The minimum atomic E-state index is -0.850. The predicted molar refractivity (Wildman–Crippen MR) is 129 cm³/mol. The summed E-state index contributed by atoms with van der Waals surface area (Å²) in [5, 5.41) is 12.3. The molecule has 176 valence electrons. The maximum atomic E-state index is 13.2. The summed E-state index contributed by atoms with van der Waals surface area (Å²) in [5.41, 5.74) is 0.645. The Morgan fingerprint density at radius 3 is 2.22 bits per heavy atom. The van der Waals surface area contributed by atoms with Gasteiger partial charge in [-0.2, -0.15) is 0 Å². The summed E-state index contributed by atoms with van der Waals surface area (Å²) >= 11 is 0. The molecule has 0 aromatic heterocycles. The van der Waals surface area contributed by atoms with E-state index in [-0.39, 0.29) is 27.9 Å². The number of esters is 1. The molecule has 9 nitrogen and oxygen atoms in total. The van der Waals surface area contributed by atoms with E-state index in [0.717, 1.165) is 15.7 Å². The van der Waals surface area contributed by atoms with Gasteiger partial charge in [-0.15, -0.1) is 0 Å². The molecule has 4 aromatic rings. The molecule has 0 radical (unpaired) electrons. The van der Waals surface area contributed by atoms with Gasteiger partial charge < -0.3 is 4.74 Å². The van der Waals surface area contributed by atoms with E-state index >= 15 is 0 Å². The Labute approximate surface area is 203 Å². The zero-order valence-electron chi connectivity index (χ0n) is 18.5. The first-order valence-corrected chi connectivity index (χ1v) is 10.8. The second-order valence-corrected chi connectivity index (χ2v) is 8.01. The van der Waals surface area contributed by atoms with Crippen LogP contribution in [0.2, 0.25) is 0 Å². The number of amides is 2. The van der Waals surface area contributed by atoms with Crippen molar-refractivity contribution in [3.8, 4) is 0 Å². The Hall–Kier alpha value is -5.18. The maximum Gasteiger partial charge on any atom is 0.338 e. The molecule has 0 saturated carbocycles. The Balaban J connectivity index is 1.34. The van der Waals surface area contributed by atoms with E-state index in [4.69, 9.17) is 4.74 Å². The van der Waals surface area contributed by atoms with Crippen molar-refractivity contribution in [2.75, 3.05) is 11.5 Å². The highest BCUT2D eigenvalue weighted by atomic mass is 16.6. The van der Waals surface area contributed by atoms with Crippen molar-refractivity contribution in [1.82, 2.24) is 0 Å². The zero-order chi connectivity index (χ0) is 25.4. The highest BCUT2D eigenvalue weighted by Crippen LogP contribution is 2.34. The number of ketones is 1. The summed E-state index contributed by atoms with van der Waals surface area (Å²) in [5.74, 6) is -2.47. The number of imide groups is 1. The minimum absolute atomic E-state index is 0.00571. The Morgan fingerprint density at radius 1 is 0.806 bits per heavy atom. The lowest BCUT2D eigenvalue weighted by atomic mass is 10.1. The van der Waals surface area contributed by atoms with Crippen LogP contribution in [0.5, 0.6) is 0 Å². The number of Topliss-reactive ketones (excluding diaryl/α,β-unsaturated/α-hetero) is 1. The summed E-state index contributed by atoms with van der Waals surface area (Å²) < 4.78 is 5.08. The Bertz CT molecular complexity index is 1590. The van der Waals surface area contributed by atoms with Gasteiger partial charge in [0.15, 0.2) is 12.4 Å². The summed E-state index contributed by atoms with van der Waals surface area (Å²) in [6.07, 6.45) is 0. The van der Waals surface area contributed by atoms with Crippen LogP contribution in [0.3, 0.4) is 0 Å². The number of ether oxygens (including phenoxy) is 1. The molecule has 0 fully saturated rings. The van der Waals surface area contributed by atoms with Gasteiger partial charge in [0.2, 0.25) is 0 Å². The van der Waals surface area contributed by atoms with Gasteiger partial charge in [0, 0.05) is 23.1 Å². The summed E-state index contributed by atoms with van der Waals surface area (Å²) in [7, 11) is 0. The number of carbonyl (C=O) groups is 4. The van der Waals surface area contributed by atoms with Crippen LogP contribution in [0.1, 0.15) is 41.4 Å². The molecule has 2 amide bonds. The molecule has 1 heterocycles. The van der Waals surface area contributed by atoms with Gasteiger partial charge in [-0.05, 0) is 41.8 Å². The number of nitro groups is 1. The average molecular weight is 480 g/mol. The van der Waals surface area contributed by atoms with Crippen molar-refractivity contribution in [3.05, 3.63) is 117 Å². The summed E-state index contributed by atoms with van der Waals surface area (Å²) in [4.78, 5) is 62.4. The number of benzene rings is 4. The smallest absolute Gasteiger partial charge is 0.338 e. The third kappa shape index (κ3) is 3.88. The topological polar surface area (TPSA) is 124 Å². The number of rotatable bonds is 6. The third-order valence-electron chi connectivity index (χ3n) is 5.86. The molecule has 0 bridgehead atoms. The summed E-state index contributed by atoms with van der Waals surface area (Å²) in [6, 6.07) is 21.6. The van der Waals surface area contributed by atoms with Gasteiger partial charge in [0.25, 0.3) is 17.5 Å². The molecule has 9 heteroatoms. The lowest BCUT2D eigenvalue weighted by Crippen LogP contribution is -2.29. The Morgan fingerprint density at radius 2 is 1.47 bits per heavy atom. The lowest BCUT2D eigenvalue weighted by Gasteiger charge is -2.16. The molecule has 0 spiro atoms. The fourth-order valence-corrected chi connectivity index (χ4v) is 4.06. The van der Waals surface area contributed by atoms with Gasteiger partial charge in [0.1, 0.15) is 0 Å². The summed E-state index contributed by atoms with van der Waals surface area (Å²) in [6.45, 7) is -0.595. The molecule has 4 aromatic carbocycles. The van der Waals surface area contributed by atoms with Crippen molar-refractivity contribution in [3.63, 3.8) is 0 Å². The van der Waals surface area contributed by atoms with E-state index in [1.165, 1.54) is 42.5 Å². The molecule has 5 rings (SSSR count). The predicted octanol–water partition coefficient (Wildman–Crippen LogP) is 4.59. The van der Waals surface area contributed by atoms with Crippen LogP contribution < -0.4 is 4.90 Å². The van der Waals surface area contributed by atoms with Gasteiger partial charge in [-0.1, -0.05) is 36.4 Å². The van der Waals surface area contributed by atoms with Crippen molar-refractivity contribution in [2.45, 2.75) is 0 Å². The van der Waals surface area contributed by atoms with Gasteiger partial charge in [-0.25, -0.2) is 9.69 Å². The monoisotopic (exact) mass is 480 g/mol. The van der Waals surface area contributed by atoms with E-state index in [2.05, 4.69) is 0 Å². The van der Waals surface area contributed by atoms with E-state index < -0.39 is 35.1 Å². The molecule has 1 aliphatic heterocycles. The van der Waals surface area contributed by atoms with Gasteiger partial charge in [-0.3, -0.25) is 24.5 Å². The highest BCUT2D eigenvalue weighted by Gasteiger charge is 2.38. The number of hydrogen-bond donors (Lipinski definition) is 0.